The van der Waals surface area contributed by atoms with Crippen LogP contribution in [0.3, 0.4) is 0 Å². The Morgan fingerprint density at radius 2 is 1.73 bits per heavy atom. The third-order valence-electron chi connectivity index (χ3n) is 5.97. The van der Waals surface area contributed by atoms with Gasteiger partial charge in [-0.3, -0.25) is 14.6 Å². The Balaban J connectivity index is 1.28. The summed E-state index contributed by atoms with van der Waals surface area (Å²) in [5, 5.41) is 7.94. The zero-order chi connectivity index (χ0) is 20.5. The molecule has 3 aromatic heterocycles. The van der Waals surface area contributed by atoms with Crippen LogP contribution in [-0.2, 0) is 0 Å². The summed E-state index contributed by atoms with van der Waals surface area (Å²) in [6.07, 6.45) is 12.4. The summed E-state index contributed by atoms with van der Waals surface area (Å²) < 4.78 is 3.40. The lowest BCUT2D eigenvalue weighted by atomic mass is 9.91. The largest absolute Gasteiger partial charge is 0.363 e. The summed E-state index contributed by atoms with van der Waals surface area (Å²) in [7, 11) is 0. The van der Waals surface area contributed by atoms with Gasteiger partial charge in [0.05, 0.1) is 11.7 Å². The highest BCUT2D eigenvalue weighted by atomic mass is 16.1. The second-order valence-corrected chi connectivity index (χ2v) is 8.11. The number of nitrogens with zero attached hydrogens (tertiary/aromatic N) is 5. The fraction of sp³-hybridized carbons (Fsp3) is 0.409. The van der Waals surface area contributed by atoms with Crippen molar-refractivity contribution in [2.75, 3.05) is 5.32 Å². The zero-order valence-corrected chi connectivity index (χ0v) is 16.6. The van der Waals surface area contributed by atoms with Gasteiger partial charge in [-0.2, -0.15) is 5.10 Å². The standard InChI is InChI=1S/C22H24N6O2/c29-20-10-9-19(15-2-1-11-23-14-15)26-28(20)18-5-3-16(4-6-18)25-21-22(30)27(13-12-24-21)17-7-8-17/h1-2,9-14,16-18H,3-8H2,(H,24,25). The van der Waals surface area contributed by atoms with E-state index in [9.17, 15) is 9.59 Å². The van der Waals surface area contributed by atoms with Crippen molar-refractivity contribution in [3.8, 4) is 11.3 Å². The van der Waals surface area contributed by atoms with E-state index < -0.39 is 0 Å². The van der Waals surface area contributed by atoms with E-state index in [2.05, 4.69) is 20.4 Å². The van der Waals surface area contributed by atoms with Gasteiger partial charge >= 0.3 is 0 Å². The molecule has 8 nitrogen and oxygen atoms in total. The predicted octanol–water partition coefficient (Wildman–Crippen LogP) is 2.79. The Kier molecular flexibility index (Phi) is 4.90. The molecule has 0 spiro atoms. The number of anilines is 1. The van der Waals surface area contributed by atoms with E-state index in [1.165, 1.54) is 0 Å². The molecule has 0 unspecified atom stereocenters. The van der Waals surface area contributed by atoms with Crippen molar-refractivity contribution < 1.29 is 0 Å². The molecule has 0 amide bonds. The zero-order valence-electron chi connectivity index (χ0n) is 16.6. The van der Waals surface area contributed by atoms with E-state index in [0.29, 0.717) is 11.9 Å². The van der Waals surface area contributed by atoms with Gasteiger partial charge in [0, 0.05) is 48.5 Å². The van der Waals surface area contributed by atoms with Crippen molar-refractivity contribution in [1.82, 2.24) is 24.3 Å². The van der Waals surface area contributed by atoms with Crippen molar-refractivity contribution >= 4 is 5.82 Å². The maximum absolute atomic E-state index is 12.6. The van der Waals surface area contributed by atoms with Gasteiger partial charge in [0.25, 0.3) is 11.1 Å². The van der Waals surface area contributed by atoms with Gasteiger partial charge in [0.1, 0.15) is 0 Å². The molecule has 0 radical (unpaired) electrons. The summed E-state index contributed by atoms with van der Waals surface area (Å²) in [6.45, 7) is 0. The van der Waals surface area contributed by atoms with Gasteiger partial charge in [-0.25, -0.2) is 9.67 Å². The lowest BCUT2D eigenvalue weighted by Crippen LogP contribution is -2.35. The summed E-state index contributed by atoms with van der Waals surface area (Å²) >= 11 is 0. The van der Waals surface area contributed by atoms with Crippen LogP contribution in [-0.4, -0.2) is 30.4 Å². The third-order valence-corrected chi connectivity index (χ3v) is 5.97. The van der Waals surface area contributed by atoms with Crippen LogP contribution in [0.15, 0.2) is 58.6 Å². The van der Waals surface area contributed by atoms with Crippen LogP contribution in [0.4, 0.5) is 5.82 Å². The van der Waals surface area contributed by atoms with Crippen LogP contribution >= 0.6 is 0 Å². The Morgan fingerprint density at radius 1 is 0.933 bits per heavy atom. The highest BCUT2D eigenvalue weighted by molar-refractivity contribution is 5.56. The third kappa shape index (κ3) is 3.77. The van der Waals surface area contributed by atoms with Gasteiger partial charge in [-0.05, 0) is 56.7 Å². The van der Waals surface area contributed by atoms with Crippen LogP contribution in [0, 0.1) is 0 Å². The van der Waals surface area contributed by atoms with Gasteiger partial charge in [0.15, 0.2) is 5.82 Å². The van der Waals surface area contributed by atoms with Crippen molar-refractivity contribution in [3.05, 3.63) is 69.8 Å². The van der Waals surface area contributed by atoms with E-state index >= 15 is 0 Å². The molecule has 2 aliphatic rings. The second-order valence-electron chi connectivity index (χ2n) is 8.11. The first-order chi connectivity index (χ1) is 14.7. The van der Waals surface area contributed by atoms with E-state index in [1.54, 1.807) is 46.2 Å². The summed E-state index contributed by atoms with van der Waals surface area (Å²) in [6, 6.07) is 7.68. The van der Waals surface area contributed by atoms with Crippen LogP contribution in [0.25, 0.3) is 11.3 Å². The minimum absolute atomic E-state index is 0.0378. The number of pyridine rings is 1. The lowest BCUT2D eigenvalue weighted by molar-refractivity contribution is 0.304. The molecule has 1 N–H and O–H groups in total. The maximum Gasteiger partial charge on any atom is 0.293 e. The Hall–Kier alpha value is -3.29. The van der Waals surface area contributed by atoms with Crippen molar-refractivity contribution in [3.63, 3.8) is 0 Å². The quantitative estimate of drug-likeness (QED) is 0.703. The van der Waals surface area contributed by atoms with Gasteiger partial charge in [-0.15, -0.1) is 0 Å². The summed E-state index contributed by atoms with van der Waals surface area (Å²) in [5.74, 6) is 0.432. The van der Waals surface area contributed by atoms with E-state index in [1.807, 2.05) is 12.1 Å². The Morgan fingerprint density at radius 3 is 2.47 bits per heavy atom. The molecule has 0 bridgehead atoms. The number of rotatable bonds is 5. The fourth-order valence-electron chi connectivity index (χ4n) is 4.18. The first kappa shape index (κ1) is 18.7. The molecule has 2 saturated carbocycles. The highest BCUT2D eigenvalue weighted by Gasteiger charge is 2.27. The first-order valence-corrected chi connectivity index (χ1v) is 10.5. The highest BCUT2D eigenvalue weighted by Crippen LogP contribution is 2.33. The first-order valence-electron chi connectivity index (χ1n) is 10.5. The molecule has 5 rings (SSSR count). The maximum atomic E-state index is 12.6. The van der Waals surface area contributed by atoms with Crippen LogP contribution in [0.2, 0.25) is 0 Å². The van der Waals surface area contributed by atoms with Crippen molar-refractivity contribution in [2.24, 2.45) is 0 Å². The normalized spacial score (nSPS) is 21.3. The molecule has 0 aliphatic heterocycles. The smallest absolute Gasteiger partial charge is 0.293 e. The molecule has 0 atom stereocenters. The van der Waals surface area contributed by atoms with Gasteiger partial charge in [-0.1, -0.05) is 0 Å². The summed E-state index contributed by atoms with van der Waals surface area (Å²) in [4.78, 5) is 33.4. The van der Waals surface area contributed by atoms with E-state index in [4.69, 9.17) is 0 Å². The minimum Gasteiger partial charge on any atom is -0.363 e. The number of aromatic nitrogens is 5. The molecule has 154 valence electrons. The van der Waals surface area contributed by atoms with Crippen molar-refractivity contribution in [2.45, 2.75) is 56.7 Å². The van der Waals surface area contributed by atoms with E-state index in [0.717, 1.165) is 49.8 Å². The predicted molar refractivity (Wildman–Crippen MR) is 113 cm³/mol. The van der Waals surface area contributed by atoms with Crippen LogP contribution < -0.4 is 16.4 Å². The van der Waals surface area contributed by atoms with Crippen LogP contribution in [0.5, 0.6) is 0 Å². The van der Waals surface area contributed by atoms with Gasteiger partial charge < -0.3 is 9.88 Å². The van der Waals surface area contributed by atoms with Crippen LogP contribution in [0.1, 0.15) is 50.6 Å². The van der Waals surface area contributed by atoms with E-state index in [-0.39, 0.29) is 23.2 Å². The molecule has 2 aliphatic carbocycles. The molecule has 30 heavy (non-hydrogen) atoms. The average molecular weight is 404 g/mol. The number of nitrogens with one attached hydrogen (secondary N) is 1. The molecule has 8 heteroatoms. The summed E-state index contributed by atoms with van der Waals surface area (Å²) in [5.41, 5.74) is 1.51. The Bertz CT molecular complexity index is 1140. The SMILES string of the molecule is O=c1c(NC2CCC(n3nc(-c4cccnc4)ccc3=O)CC2)nccn1C1CC1. The number of hydrogen-bond acceptors (Lipinski definition) is 6. The fourth-order valence-corrected chi connectivity index (χ4v) is 4.18. The molecule has 3 heterocycles. The van der Waals surface area contributed by atoms with Gasteiger partial charge in [0.2, 0.25) is 0 Å². The topological polar surface area (TPSA) is 94.7 Å². The molecular formula is C22H24N6O2. The average Bonchev–Trinajstić information content (AvgIpc) is 3.62. The monoisotopic (exact) mass is 404 g/mol. The van der Waals surface area contributed by atoms with Crippen molar-refractivity contribution in [1.29, 1.82) is 0 Å². The lowest BCUT2D eigenvalue weighted by Gasteiger charge is -2.29. The second kappa shape index (κ2) is 7.85. The molecule has 2 fully saturated rings. The Labute approximate surface area is 173 Å². The minimum atomic E-state index is -0.0869. The number of hydrogen-bond donors (Lipinski definition) is 1. The molecule has 0 saturated heterocycles. The molecule has 0 aromatic carbocycles. The molecular weight excluding hydrogens is 380 g/mol. The molecule has 3 aromatic rings.